The highest BCUT2D eigenvalue weighted by Crippen LogP contribution is 2.19. The Labute approximate surface area is 150 Å². The zero-order valence-corrected chi connectivity index (χ0v) is 15.3. The van der Waals surface area contributed by atoms with Crippen LogP contribution in [0.3, 0.4) is 0 Å². The van der Waals surface area contributed by atoms with Gasteiger partial charge in [0.1, 0.15) is 0 Å². The van der Waals surface area contributed by atoms with E-state index in [1.807, 2.05) is 13.0 Å². The molecule has 1 fully saturated rings. The molecule has 2 rings (SSSR count). The number of rotatable bonds is 7. The Morgan fingerprint density at radius 1 is 1.20 bits per heavy atom. The van der Waals surface area contributed by atoms with Crippen LogP contribution in [0.5, 0.6) is 0 Å². The average molecular weight is 346 g/mol. The predicted molar refractivity (Wildman–Crippen MR) is 99.2 cm³/mol. The Kier molecular flexibility index (Phi) is 7.73. The first-order valence-electron chi connectivity index (χ1n) is 9.17. The van der Waals surface area contributed by atoms with Crippen molar-refractivity contribution in [3.63, 3.8) is 0 Å². The van der Waals surface area contributed by atoms with E-state index < -0.39 is 0 Å². The molecule has 1 aliphatic heterocycles. The molecule has 0 radical (unpaired) electrons. The van der Waals surface area contributed by atoms with Crippen molar-refractivity contribution < 1.29 is 9.59 Å². The number of benzene rings is 1. The molecule has 2 unspecified atom stereocenters. The summed E-state index contributed by atoms with van der Waals surface area (Å²) in [4.78, 5) is 25.9. The van der Waals surface area contributed by atoms with Crippen LogP contribution in [-0.2, 0) is 11.3 Å². The Bertz CT molecular complexity index is 550. The molecular weight excluding hydrogens is 316 g/mol. The Morgan fingerprint density at radius 3 is 2.64 bits per heavy atom. The summed E-state index contributed by atoms with van der Waals surface area (Å²) < 4.78 is 0. The van der Waals surface area contributed by atoms with Crippen LogP contribution in [0, 0.1) is 0 Å². The number of carbonyl (C=O) groups excluding carboxylic acids is 2. The van der Waals surface area contributed by atoms with E-state index in [0.29, 0.717) is 12.6 Å². The van der Waals surface area contributed by atoms with Crippen LogP contribution in [0.25, 0.3) is 0 Å². The van der Waals surface area contributed by atoms with Crippen LogP contribution in [-0.4, -0.2) is 48.6 Å². The molecule has 1 heterocycles. The van der Waals surface area contributed by atoms with Gasteiger partial charge in [0.05, 0.1) is 6.54 Å². The van der Waals surface area contributed by atoms with Crippen LogP contribution in [0.1, 0.15) is 38.7 Å². The molecule has 1 aromatic rings. The summed E-state index contributed by atoms with van der Waals surface area (Å²) in [5.74, 6) is -0.150. The van der Waals surface area contributed by atoms with Crippen molar-refractivity contribution in [1.29, 1.82) is 0 Å². The van der Waals surface area contributed by atoms with Gasteiger partial charge in [-0.1, -0.05) is 37.3 Å². The first-order chi connectivity index (χ1) is 12.1. The molecular formula is C19H30N4O2. The van der Waals surface area contributed by atoms with Crippen molar-refractivity contribution in [1.82, 2.24) is 20.9 Å². The molecule has 0 saturated carbocycles. The number of likely N-dealkylation sites (tertiary alicyclic amines) is 1. The molecule has 1 saturated heterocycles. The van der Waals surface area contributed by atoms with Gasteiger partial charge in [0.15, 0.2) is 0 Å². The number of urea groups is 1. The highest BCUT2D eigenvalue weighted by atomic mass is 16.2. The first-order valence-corrected chi connectivity index (χ1v) is 9.17. The van der Waals surface area contributed by atoms with Crippen molar-refractivity contribution >= 4 is 11.9 Å². The number of carbonyl (C=O) groups is 2. The average Bonchev–Trinajstić information content (AvgIpc) is 2.61. The van der Waals surface area contributed by atoms with Gasteiger partial charge in [0.25, 0.3) is 0 Å². The molecule has 2 atom stereocenters. The molecule has 1 aromatic carbocycles. The van der Waals surface area contributed by atoms with Crippen molar-refractivity contribution in [2.45, 2.75) is 51.7 Å². The minimum absolute atomic E-state index is 0.0221. The van der Waals surface area contributed by atoms with E-state index >= 15 is 0 Å². The molecule has 1 aliphatic rings. The van der Waals surface area contributed by atoms with Crippen LogP contribution in [0.4, 0.5) is 4.79 Å². The Hall–Kier alpha value is -2.08. The molecule has 0 aromatic heterocycles. The minimum atomic E-state index is -0.264. The second-order valence-electron chi connectivity index (χ2n) is 6.70. The van der Waals surface area contributed by atoms with E-state index in [1.54, 1.807) is 0 Å². The van der Waals surface area contributed by atoms with Crippen molar-refractivity contribution in [3.05, 3.63) is 35.9 Å². The zero-order chi connectivity index (χ0) is 18.1. The number of hydrogen-bond acceptors (Lipinski definition) is 3. The monoisotopic (exact) mass is 346 g/mol. The predicted octanol–water partition coefficient (Wildman–Crippen LogP) is 1.86. The van der Waals surface area contributed by atoms with E-state index in [1.165, 1.54) is 5.56 Å². The van der Waals surface area contributed by atoms with E-state index in [9.17, 15) is 9.59 Å². The number of nitrogens with one attached hydrogen (secondary N) is 3. The number of nitrogens with zero attached hydrogens (tertiary/aromatic N) is 1. The molecule has 6 nitrogen and oxygen atoms in total. The zero-order valence-electron chi connectivity index (χ0n) is 15.3. The van der Waals surface area contributed by atoms with Crippen molar-refractivity contribution in [2.24, 2.45) is 0 Å². The van der Waals surface area contributed by atoms with Gasteiger partial charge in [-0.05, 0) is 31.7 Å². The van der Waals surface area contributed by atoms with Gasteiger partial charge >= 0.3 is 6.03 Å². The molecule has 0 spiro atoms. The van der Waals surface area contributed by atoms with Gasteiger partial charge in [-0.15, -0.1) is 0 Å². The summed E-state index contributed by atoms with van der Waals surface area (Å²) in [6.07, 6.45) is 2.73. The third-order valence-electron chi connectivity index (χ3n) is 4.56. The number of piperidine rings is 1. The lowest BCUT2D eigenvalue weighted by Crippen LogP contribution is -2.51. The first kappa shape index (κ1) is 19.2. The van der Waals surface area contributed by atoms with Gasteiger partial charge in [-0.25, -0.2) is 4.79 Å². The van der Waals surface area contributed by atoms with Crippen LogP contribution in [0.2, 0.25) is 0 Å². The summed E-state index contributed by atoms with van der Waals surface area (Å²) in [7, 11) is 0. The van der Waals surface area contributed by atoms with Crippen LogP contribution >= 0.6 is 0 Å². The minimum Gasteiger partial charge on any atom is -0.355 e. The number of amides is 3. The molecule has 6 heteroatoms. The van der Waals surface area contributed by atoms with E-state index in [0.717, 1.165) is 32.4 Å². The third-order valence-corrected chi connectivity index (χ3v) is 4.56. The van der Waals surface area contributed by atoms with E-state index in [-0.39, 0.29) is 24.5 Å². The molecule has 3 amide bonds. The fraction of sp³-hybridized carbons (Fsp3) is 0.579. The smallest absolute Gasteiger partial charge is 0.315 e. The summed E-state index contributed by atoms with van der Waals surface area (Å²) in [5, 5.41) is 8.36. The fourth-order valence-corrected chi connectivity index (χ4v) is 3.13. The molecule has 3 N–H and O–H groups in total. The third kappa shape index (κ3) is 6.74. The maximum Gasteiger partial charge on any atom is 0.315 e. The lowest BCUT2D eigenvalue weighted by Gasteiger charge is -2.38. The second kappa shape index (κ2) is 10.0. The maximum absolute atomic E-state index is 12.0. The SMILES string of the molecule is CCCNC(=O)CNC(=O)NC1CCN(Cc2ccccc2)C(C)C1. The van der Waals surface area contributed by atoms with Gasteiger partial charge in [0.2, 0.25) is 5.91 Å². The summed E-state index contributed by atoms with van der Waals surface area (Å²) in [6, 6.07) is 10.8. The Balaban J connectivity index is 1.69. The Morgan fingerprint density at radius 2 is 1.96 bits per heavy atom. The van der Waals surface area contributed by atoms with Gasteiger partial charge in [-0.2, -0.15) is 0 Å². The van der Waals surface area contributed by atoms with Crippen LogP contribution < -0.4 is 16.0 Å². The van der Waals surface area contributed by atoms with Gasteiger partial charge < -0.3 is 16.0 Å². The van der Waals surface area contributed by atoms with Crippen molar-refractivity contribution in [2.75, 3.05) is 19.6 Å². The lowest BCUT2D eigenvalue weighted by molar-refractivity contribution is -0.120. The highest BCUT2D eigenvalue weighted by Gasteiger charge is 2.26. The summed E-state index contributed by atoms with van der Waals surface area (Å²) >= 11 is 0. The second-order valence-corrected chi connectivity index (χ2v) is 6.70. The standard InChI is InChI=1S/C19H30N4O2/c1-3-10-20-18(24)13-21-19(25)22-17-9-11-23(15(2)12-17)14-16-7-5-4-6-8-16/h4-8,15,17H,3,9-14H2,1-2H3,(H,20,24)(H2,21,22,25). The van der Waals surface area contributed by atoms with Gasteiger partial charge in [-0.3, -0.25) is 9.69 Å². The van der Waals surface area contributed by atoms with Crippen molar-refractivity contribution in [3.8, 4) is 0 Å². The largest absolute Gasteiger partial charge is 0.355 e. The molecule has 0 bridgehead atoms. The highest BCUT2D eigenvalue weighted by molar-refractivity contribution is 5.83. The lowest BCUT2D eigenvalue weighted by atomic mass is 9.97. The quantitative estimate of drug-likeness (QED) is 0.706. The van der Waals surface area contributed by atoms with E-state index in [2.05, 4.69) is 52.0 Å². The molecule has 0 aliphatic carbocycles. The summed E-state index contributed by atoms with van der Waals surface area (Å²) in [6.45, 7) is 6.75. The topological polar surface area (TPSA) is 73.5 Å². The molecule has 138 valence electrons. The number of hydrogen-bond donors (Lipinski definition) is 3. The van der Waals surface area contributed by atoms with E-state index in [4.69, 9.17) is 0 Å². The fourth-order valence-electron chi connectivity index (χ4n) is 3.13. The maximum atomic E-state index is 12.0. The molecule has 25 heavy (non-hydrogen) atoms. The normalized spacial score (nSPS) is 20.7. The summed E-state index contributed by atoms with van der Waals surface area (Å²) in [5.41, 5.74) is 1.32. The van der Waals surface area contributed by atoms with Gasteiger partial charge in [0, 0.05) is 31.7 Å². The van der Waals surface area contributed by atoms with Crippen LogP contribution in [0.15, 0.2) is 30.3 Å².